The molecule has 1 aromatic carbocycles. The Morgan fingerprint density at radius 2 is 1.94 bits per heavy atom. The lowest BCUT2D eigenvalue weighted by Crippen LogP contribution is -2.49. The average molecular weight is 311 g/mol. The van der Waals surface area contributed by atoms with Gasteiger partial charge in [0.05, 0.1) is 29.0 Å². The zero-order chi connectivity index (χ0) is 14.1. The predicted molar refractivity (Wildman–Crippen MR) is 68.3 cm³/mol. The molecule has 0 N–H and O–H groups in total. The van der Waals surface area contributed by atoms with Gasteiger partial charge in [0.1, 0.15) is 0 Å². The van der Waals surface area contributed by atoms with Gasteiger partial charge in [-0.15, -0.1) is 0 Å². The van der Waals surface area contributed by atoms with Crippen molar-refractivity contribution in [3.05, 3.63) is 28.2 Å². The Morgan fingerprint density at radius 3 is 2.39 bits per heavy atom. The number of hydrogen-bond donors (Lipinski definition) is 0. The van der Waals surface area contributed by atoms with Crippen molar-refractivity contribution >= 4 is 44.9 Å². The van der Waals surface area contributed by atoms with E-state index in [1.54, 1.807) is 0 Å². The maximum atomic E-state index is 11.7. The van der Waals surface area contributed by atoms with E-state index in [1.165, 1.54) is 25.1 Å². The Balaban J connectivity index is 3.45. The lowest BCUT2D eigenvalue weighted by molar-refractivity contribution is -0.306. The number of carboxylic acid groups (broad SMARTS) is 1. The summed E-state index contributed by atoms with van der Waals surface area (Å²) in [6.07, 6.45) is 0.879. The van der Waals surface area contributed by atoms with E-state index in [0.29, 0.717) is 4.31 Å². The van der Waals surface area contributed by atoms with E-state index in [2.05, 4.69) is 0 Å². The number of carbonyl (C=O) groups excluding carboxylic acids is 1. The van der Waals surface area contributed by atoms with Crippen molar-refractivity contribution < 1.29 is 18.3 Å². The summed E-state index contributed by atoms with van der Waals surface area (Å²) in [4.78, 5) is 10.9. The van der Waals surface area contributed by atoms with Crippen molar-refractivity contribution in [1.29, 1.82) is 0 Å². The van der Waals surface area contributed by atoms with Gasteiger partial charge < -0.3 is 9.90 Å². The van der Waals surface area contributed by atoms with E-state index in [0.717, 1.165) is 6.26 Å². The van der Waals surface area contributed by atoms with Crippen molar-refractivity contribution in [1.82, 2.24) is 0 Å². The summed E-state index contributed by atoms with van der Waals surface area (Å²) in [7, 11) is -3.83. The molecule has 0 unspecified atom stereocenters. The fourth-order valence-electron chi connectivity index (χ4n) is 1.42. The fraction of sp³-hybridized carbons (Fsp3) is 0.300. The van der Waals surface area contributed by atoms with E-state index >= 15 is 0 Å². The maximum absolute atomic E-state index is 11.7. The SMILES string of the molecule is C[C@@H](C(=O)[O-])N(c1cc(Cl)ccc1Cl)S(C)(=O)=O. The minimum atomic E-state index is -3.83. The third-order valence-electron chi connectivity index (χ3n) is 2.20. The normalized spacial score (nSPS) is 13.1. The first-order valence-corrected chi connectivity index (χ1v) is 7.40. The van der Waals surface area contributed by atoms with E-state index in [-0.39, 0.29) is 15.7 Å². The molecule has 0 aliphatic rings. The molecule has 0 radical (unpaired) electrons. The molecule has 8 heteroatoms. The number of sulfonamides is 1. The molecular formula is C10H10Cl2NO4S-. The van der Waals surface area contributed by atoms with Crippen LogP contribution in [0.3, 0.4) is 0 Å². The van der Waals surface area contributed by atoms with E-state index in [9.17, 15) is 18.3 Å². The molecule has 0 amide bonds. The largest absolute Gasteiger partial charge is 0.548 e. The van der Waals surface area contributed by atoms with Gasteiger partial charge in [-0.05, 0) is 25.1 Å². The molecule has 100 valence electrons. The smallest absolute Gasteiger partial charge is 0.232 e. The lowest BCUT2D eigenvalue weighted by atomic mass is 10.2. The van der Waals surface area contributed by atoms with Crippen LogP contribution in [0.25, 0.3) is 0 Å². The van der Waals surface area contributed by atoms with E-state index in [4.69, 9.17) is 23.2 Å². The highest BCUT2D eigenvalue weighted by Crippen LogP contribution is 2.31. The number of aliphatic carboxylic acids is 1. The zero-order valence-corrected chi connectivity index (χ0v) is 11.9. The highest BCUT2D eigenvalue weighted by atomic mass is 35.5. The number of hydrogen-bond acceptors (Lipinski definition) is 4. The quantitative estimate of drug-likeness (QED) is 0.827. The Labute approximate surface area is 115 Å². The molecule has 0 saturated carbocycles. The first-order valence-electron chi connectivity index (χ1n) is 4.80. The van der Waals surface area contributed by atoms with Crippen molar-refractivity contribution in [2.24, 2.45) is 0 Å². The van der Waals surface area contributed by atoms with Gasteiger partial charge >= 0.3 is 0 Å². The molecule has 0 bridgehead atoms. The van der Waals surface area contributed by atoms with Crippen LogP contribution in [0, 0.1) is 0 Å². The number of benzene rings is 1. The molecule has 0 fully saturated rings. The number of rotatable bonds is 4. The van der Waals surface area contributed by atoms with Crippen LogP contribution in [-0.4, -0.2) is 26.7 Å². The monoisotopic (exact) mass is 310 g/mol. The topological polar surface area (TPSA) is 77.5 Å². The summed E-state index contributed by atoms with van der Waals surface area (Å²) >= 11 is 11.6. The van der Waals surface area contributed by atoms with Gasteiger partial charge in [-0.3, -0.25) is 4.31 Å². The van der Waals surface area contributed by atoms with Crippen LogP contribution in [-0.2, 0) is 14.8 Å². The van der Waals surface area contributed by atoms with Crippen LogP contribution in [0.2, 0.25) is 10.0 Å². The molecule has 0 heterocycles. The van der Waals surface area contributed by atoms with Crippen molar-refractivity contribution in [2.75, 3.05) is 10.6 Å². The zero-order valence-electron chi connectivity index (χ0n) is 9.55. The minimum Gasteiger partial charge on any atom is -0.548 e. The Morgan fingerprint density at radius 1 is 1.39 bits per heavy atom. The lowest BCUT2D eigenvalue weighted by Gasteiger charge is -2.30. The molecule has 0 saturated heterocycles. The van der Waals surface area contributed by atoms with Gasteiger partial charge in [0.2, 0.25) is 10.0 Å². The maximum Gasteiger partial charge on any atom is 0.232 e. The Kier molecular flexibility index (Phi) is 4.47. The standard InChI is InChI=1S/C10H11Cl2NO4S/c1-6(10(14)15)13(18(2,16)17)9-5-7(11)3-4-8(9)12/h3-6H,1-2H3,(H,14,15)/p-1/t6-/m0/s1. The predicted octanol–water partition coefficient (Wildman–Crippen LogP) is 0.898. The van der Waals surface area contributed by atoms with Gasteiger partial charge in [-0.25, -0.2) is 8.42 Å². The van der Waals surface area contributed by atoms with E-state index in [1.807, 2.05) is 0 Å². The van der Waals surface area contributed by atoms with Crippen LogP contribution in [0.4, 0.5) is 5.69 Å². The van der Waals surface area contributed by atoms with Gasteiger partial charge in [0.15, 0.2) is 0 Å². The number of nitrogens with zero attached hydrogens (tertiary/aromatic N) is 1. The Hall–Kier alpha value is -0.980. The number of halogens is 2. The molecule has 0 aromatic heterocycles. The second-order valence-electron chi connectivity index (χ2n) is 3.65. The highest BCUT2D eigenvalue weighted by Gasteiger charge is 2.26. The first-order chi connectivity index (χ1) is 8.14. The van der Waals surface area contributed by atoms with E-state index < -0.39 is 22.0 Å². The highest BCUT2D eigenvalue weighted by molar-refractivity contribution is 7.92. The van der Waals surface area contributed by atoms with Crippen LogP contribution in [0.15, 0.2) is 18.2 Å². The third kappa shape index (κ3) is 3.28. The second-order valence-corrected chi connectivity index (χ2v) is 6.35. The number of carbonyl (C=O) groups is 1. The van der Waals surface area contributed by atoms with Crippen LogP contribution < -0.4 is 9.41 Å². The van der Waals surface area contributed by atoms with Crippen LogP contribution >= 0.6 is 23.2 Å². The molecule has 1 rings (SSSR count). The fourth-order valence-corrected chi connectivity index (χ4v) is 3.02. The molecule has 1 aromatic rings. The number of carboxylic acids is 1. The van der Waals surface area contributed by atoms with Gasteiger partial charge in [0, 0.05) is 5.02 Å². The molecule has 0 aliphatic carbocycles. The Bertz CT molecular complexity index is 573. The average Bonchev–Trinajstić information content (AvgIpc) is 2.21. The van der Waals surface area contributed by atoms with Gasteiger partial charge in [-0.2, -0.15) is 0 Å². The summed E-state index contributed by atoms with van der Waals surface area (Å²) in [5.74, 6) is -1.53. The van der Waals surface area contributed by atoms with Crippen molar-refractivity contribution in [2.45, 2.75) is 13.0 Å². The molecule has 18 heavy (non-hydrogen) atoms. The second kappa shape index (κ2) is 5.34. The summed E-state index contributed by atoms with van der Waals surface area (Å²) in [6.45, 7) is 1.19. The van der Waals surface area contributed by atoms with Crippen molar-refractivity contribution in [3.8, 4) is 0 Å². The first kappa shape index (κ1) is 15.1. The molecular weight excluding hydrogens is 301 g/mol. The molecule has 5 nitrogen and oxygen atoms in total. The summed E-state index contributed by atoms with van der Waals surface area (Å²) in [5.41, 5.74) is 0.00312. The van der Waals surface area contributed by atoms with Crippen LogP contribution in [0.1, 0.15) is 6.92 Å². The minimum absolute atomic E-state index is 0.00312. The van der Waals surface area contributed by atoms with Gasteiger partial charge in [-0.1, -0.05) is 23.2 Å². The molecule has 1 atom stereocenters. The van der Waals surface area contributed by atoms with Crippen molar-refractivity contribution in [3.63, 3.8) is 0 Å². The molecule has 0 aliphatic heterocycles. The third-order valence-corrected chi connectivity index (χ3v) is 3.98. The summed E-state index contributed by atoms with van der Waals surface area (Å²) in [5, 5.41) is 11.2. The van der Waals surface area contributed by atoms with Gasteiger partial charge in [0.25, 0.3) is 0 Å². The molecule has 0 spiro atoms. The van der Waals surface area contributed by atoms with Crippen LogP contribution in [0.5, 0.6) is 0 Å². The summed E-state index contributed by atoms with van der Waals surface area (Å²) < 4.78 is 24.0. The summed E-state index contributed by atoms with van der Waals surface area (Å²) in [6, 6.07) is 2.75. The number of anilines is 1.